The molecule has 4 rings (SSSR count). The highest BCUT2D eigenvalue weighted by Crippen LogP contribution is 2.34. The standard InChI is InChI=1S/C25H27N3O6S/c1-5-34-23-13-16(10-11-22(23)33-3)20(15-35(4,30)31)28-24-19(27-25(28)29)12-17(14-26-24)18-8-6-7-9-21(18)32-2/h6-14,20H,5,15H2,1-4H3,(H,27,29). The number of nitrogens with zero attached hydrogens (tertiary/aromatic N) is 2. The first-order valence-electron chi connectivity index (χ1n) is 11.0. The van der Waals surface area contributed by atoms with Crippen LogP contribution in [0.5, 0.6) is 17.2 Å². The summed E-state index contributed by atoms with van der Waals surface area (Å²) in [5.74, 6) is 1.35. The van der Waals surface area contributed by atoms with Gasteiger partial charge in [-0.2, -0.15) is 0 Å². The Morgan fingerprint density at radius 3 is 2.46 bits per heavy atom. The van der Waals surface area contributed by atoms with Crippen molar-refractivity contribution in [1.29, 1.82) is 0 Å². The van der Waals surface area contributed by atoms with Gasteiger partial charge in [-0.05, 0) is 36.8 Å². The van der Waals surface area contributed by atoms with Crippen molar-refractivity contribution in [2.45, 2.75) is 13.0 Å². The van der Waals surface area contributed by atoms with Crippen molar-refractivity contribution in [3.05, 3.63) is 70.8 Å². The third kappa shape index (κ3) is 5.02. The number of pyridine rings is 1. The molecule has 0 fully saturated rings. The predicted octanol–water partition coefficient (Wildman–Crippen LogP) is 3.44. The van der Waals surface area contributed by atoms with Gasteiger partial charge in [0.1, 0.15) is 15.6 Å². The van der Waals surface area contributed by atoms with E-state index in [1.165, 1.54) is 11.7 Å². The zero-order valence-electron chi connectivity index (χ0n) is 19.9. The van der Waals surface area contributed by atoms with E-state index in [2.05, 4.69) is 9.97 Å². The number of ether oxygens (including phenoxy) is 3. The molecule has 184 valence electrons. The molecule has 0 saturated carbocycles. The van der Waals surface area contributed by atoms with Crippen molar-refractivity contribution in [3.63, 3.8) is 0 Å². The van der Waals surface area contributed by atoms with E-state index in [-0.39, 0.29) is 5.75 Å². The number of aromatic amines is 1. The fourth-order valence-corrected chi connectivity index (χ4v) is 5.02. The Hall–Kier alpha value is -3.79. The number of hydrogen-bond acceptors (Lipinski definition) is 7. The Kier molecular flexibility index (Phi) is 6.83. The van der Waals surface area contributed by atoms with Gasteiger partial charge < -0.3 is 19.2 Å². The van der Waals surface area contributed by atoms with Crippen LogP contribution < -0.4 is 19.9 Å². The van der Waals surface area contributed by atoms with Gasteiger partial charge in [0, 0.05) is 23.6 Å². The molecular weight excluding hydrogens is 470 g/mol. The minimum absolute atomic E-state index is 0.298. The molecule has 4 aromatic rings. The normalized spacial score (nSPS) is 12.5. The number of nitrogens with one attached hydrogen (secondary N) is 1. The lowest BCUT2D eigenvalue weighted by molar-refractivity contribution is 0.310. The molecule has 0 saturated heterocycles. The SMILES string of the molecule is CCOc1cc(C(CS(C)(=O)=O)n2c(=O)[nH]c3cc(-c4ccccc4OC)cnc32)ccc1OC. The largest absolute Gasteiger partial charge is 0.496 e. The number of fused-ring (bicyclic) bond motifs is 1. The Bertz CT molecular complexity index is 1520. The number of rotatable bonds is 9. The minimum Gasteiger partial charge on any atom is -0.496 e. The summed E-state index contributed by atoms with van der Waals surface area (Å²) in [6.45, 7) is 2.24. The van der Waals surface area contributed by atoms with Crippen LogP contribution in [0.25, 0.3) is 22.3 Å². The monoisotopic (exact) mass is 497 g/mol. The molecule has 0 aliphatic rings. The highest BCUT2D eigenvalue weighted by Gasteiger charge is 2.26. The second-order valence-corrected chi connectivity index (χ2v) is 10.2. The Balaban J connectivity index is 1.88. The summed E-state index contributed by atoms with van der Waals surface area (Å²) < 4.78 is 42.6. The van der Waals surface area contributed by atoms with Crippen molar-refractivity contribution in [2.24, 2.45) is 0 Å². The third-order valence-electron chi connectivity index (χ3n) is 5.62. The van der Waals surface area contributed by atoms with E-state index in [1.54, 1.807) is 37.6 Å². The van der Waals surface area contributed by atoms with Gasteiger partial charge in [0.15, 0.2) is 17.1 Å². The molecule has 1 N–H and O–H groups in total. The number of H-pyrrole nitrogens is 1. The van der Waals surface area contributed by atoms with Gasteiger partial charge in [-0.3, -0.25) is 4.57 Å². The molecule has 1 unspecified atom stereocenters. The first kappa shape index (κ1) is 24.3. The number of hydrogen-bond donors (Lipinski definition) is 1. The average molecular weight is 498 g/mol. The Morgan fingerprint density at radius 1 is 1.03 bits per heavy atom. The van der Waals surface area contributed by atoms with Crippen molar-refractivity contribution < 1.29 is 22.6 Å². The van der Waals surface area contributed by atoms with E-state index >= 15 is 0 Å². The fourth-order valence-electron chi connectivity index (χ4n) is 4.11. The first-order valence-corrected chi connectivity index (χ1v) is 13.0. The molecule has 0 spiro atoms. The van der Waals surface area contributed by atoms with Gasteiger partial charge in [0.2, 0.25) is 0 Å². The second kappa shape index (κ2) is 9.83. The minimum atomic E-state index is -3.47. The molecule has 0 bridgehead atoms. The molecule has 9 nitrogen and oxygen atoms in total. The maximum Gasteiger partial charge on any atom is 0.328 e. The number of aromatic nitrogens is 3. The Morgan fingerprint density at radius 2 is 1.77 bits per heavy atom. The summed E-state index contributed by atoms with van der Waals surface area (Å²) in [5, 5.41) is 0. The molecule has 0 amide bonds. The van der Waals surface area contributed by atoms with E-state index in [9.17, 15) is 13.2 Å². The molecule has 35 heavy (non-hydrogen) atoms. The van der Waals surface area contributed by atoms with Crippen molar-refractivity contribution in [3.8, 4) is 28.4 Å². The van der Waals surface area contributed by atoms with Crippen LogP contribution >= 0.6 is 0 Å². The number of para-hydroxylation sites is 1. The molecule has 0 aliphatic heterocycles. The van der Waals surface area contributed by atoms with Crippen LogP contribution in [0.15, 0.2) is 59.5 Å². The highest BCUT2D eigenvalue weighted by atomic mass is 32.2. The van der Waals surface area contributed by atoms with Crippen LogP contribution in [0, 0.1) is 0 Å². The smallest absolute Gasteiger partial charge is 0.328 e. The van der Waals surface area contributed by atoms with E-state index in [0.29, 0.717) is 40.6 Å². The summed E-state index contributed by atoms with van der Waals surface area (Å²) >= 11 is 0. The fraction of sp³-hybridized carbons (Fsp3) is 0.280. The van der Waals surface area contributed by atoms with Crippen molar-refractivity contribution >= 4 is 21.0 Å². The van der Waals surface area contributed by atoms with Crippen LogP contribution in [0.4, 0.5) is 0 Å². The van der Waals surface area contributed by atoms with E-state index in [4.69, 9.17) is 14.2 Å². The van der Waals surface area contributed by atoms with E-state index in [0.717, 1.165) is 17.4 Å². The van der Waals surface area contributed by atoms with Crippen LogP contribution in [0.2, 0.25) is 0 Å². The molecule has 0 aliphatic carbocycles. The molecule has 2 heterocycles. The van der Waals surface area contributed by atoms with E-state index in [1.807, 2.05) is 31.2 Å². The maximum atomic E-state index is 13.1. The topological polar surface area (TPSA) is 113 Å². The van der Waals surface area contributed by atoms with Crippen molar-refractivity contribution in [2.75, 3.05) is 32.8 Å². The number of methoxy groups -OCH3 is 2. The highest BCUT2D eigenvalue weighted by molar-refractivity contribution is 7.90. The van der Waals surface area contributed by atoms with Gasteiger partial charge in [-0.25, -0.2) is 18.2 Å². The lowest BCUT2D eigenvalue weighted by atomic mass is 10.1. The molecule has 1 atom stereocenters. The van der Waals surface area contributed by atoms with Gasteiger partial charge >= 0.3 is 5.69 Å². The molecule has 10 heteroatoms. The summed E-state index contributed by atoms with van der Waals surface area (Å²) in [6, 6.07) is 13.6. The lowest BCUT2D eigenvalue weighted by Crippen LogP contribution is -2.28. The zero-order valence-corrected chi connectivity index (χ0v) is 20.8. The molecule has 2 aromatic carbocycles. The van der Waals surface area contributed by atoms with Gasteiger partial charge in [-0.1, -0.05) is 24.3 Å². The van der Waals surface area contributed by atoms with Crippen LogP contribution in [-0.4, -0.2) is 55.8 Å². The third-order valence-corrected chi connectivity index (χ3v) is 6.54. The van der Waals surface area contributed by atoms with Crippen molar-refractivity contribution in [1.82, 2.24) is 14.5 Å². The summed E-state index contributed by atoms with van der Waals surface area (Å²) in [6.07, 6.45) is 2.78. The van der Waals surface area contributed by atoms with Gasteiger partial charge in [0.05, 0.1) is 38.1 Å². The van der Waals surface area contributed by atoms with E-state index < -0.39 is 21.6 Å². The lowest BCUT2D eigenvalue weighted by Gasteiger charge is -2.20. The molecule has 0 radical (unpaired) electrons. The molecular formula is C25H27N3O6S. The number of imidazole rings is 1. The summed E-state index contributed by atoms with van der Waals surface area (Å²) in [4.78, 5) is 20.5. The maximum absolute atomic E-state index is 13.1. The molecule has 2 aromatic heterocycles. The van der Waals surface area contributed by atoms with Crippen LogP contribution in [-0.2, 0) is 9.84 Å². The quantitative estimate of drug-likeness (QED) is 0.377. The number of benzene rings is 2. The summed E-state index contributed by atoms with van der Waals surface area (Å²) in [7, 11) is -0.360. The van der Waals surface area contributed by atoms with Gasteiger partial charge in [0.25, 0.3) is 0 Å². The first-order chi connectivity index (χ1) is 16.8. The average Bonchev–Trinajstić information content (AvgIpc) is 3.16. The number of sulfone groups is 1. The Labute approximate surface area is 203 Å². The second-order valence-electron chi connectivity index (χ2n) is 8.05. The van der Waals surface area contributed by atoms with Crippen LogP contribution in [0.3, 0.4) is 0 Å². The summed E-state index contributed by atoms with van der Waals surface area (Å²) in [5.41, 5.74) is 2.52. The van der Waals surface area contributed by atoms with Crippen LogP contribution in [0.1, 0.15) is 18.5 Å². The zero-order chi connectivity index (χ0) is 25.2. The predicted molar refractivity (Wildman–Crippen MR) is 134 cm³/mol. The van der Waals surface area contributed by atoms with Gasteiger partial charge in [-0.15, -0.1) is 0 Å².